The van der Waals surface area contributed by atoms with Crippen LogP contribution in [0.2, 0.25) is 5.02 Å². The number of anilines is 2. The molecule has 0 fully saturated rings. The van der Waals surface area contributed by atoms with Crippen molar-refractivity contribution in [3.05, 3.63) is 59.1 Å². The largest absolute Gasteiger partial charge is 0.497 e. The Bertz CT molecular complexity index is 816. The van der Waals surface area contributed by atoms with E-state index in [0.717, 1.165) is 22.6 Å². The molecule has 0 aliphatic heterocycles. The molecule has 4 N–H and O–H groups in total. The highest BCUT2D eigenvalue weighted by Crippen LogP contribution is 2.30. The van der Waals surface area contributed by atoms with Crippen LogP contribution in [0, 0.1) is 0 Å². The number of H-pyrrole nitrogens is 1. The lowest BCUT2D eigenvalue weighted by molar-refractivity contribution is 0.414. The molecule has 1 heterocycles. The van der Waals surface area contributed by atoms with E-state index in [1.165, 1.54) is 0 Å². The van der Waals surface area contributed by atoms with E-state index < -0.39 is 0 Å². The Morgan fingerprint density at radius 3 is 2.83 bits per heavy atom. The third-order valence-corrected chi connectivity index (χ3v) is 3.75. The zero-order valence-electron chi connectivity index (χ0n) is 12.6. The molecule has 1 aromatic heterocycles. The molecule has 0 amide bonds. The summed E-state index contributed by atoms with van der Waals surface area (Å²) in [6, 6.07) is 15.3. The summed E-state index contributed by atoms with van der Waals surface area (Å²) in [7, 11) is 1.65. The third kappa shape index (κ3) is 3.40. The van der Waals surface area contributed by atoms with Crippen LogP contribution in [-0.2, 0) is 6.54 Å². The SMILES string of the molecule is COc1cccc(CNc2n[nH]c(-c3cccc(Cl)c3)c2N)c1. The van der Waals surface area contributed by atoms with Crippen molar-refractivity contribution in [3.63, 3.8) is 0 Å². The van der Waals surface area contributed by atoms with Gasteiger partial charge in [0.25, 0.3) is 0 Å². The van der Waals surface area contributed by atoms with Gasteiger partial charge in [-0.2, -0.15) is 5.10 Å². The fraction of sp³-hybridized carbons (Fsp3) is 0.118. The minimum absolute atomic E-state index is 0.565. The fourth-order valence-corrected chi connectivity index (χ4v) is 2.51. The second kappa shape index (κ2) is 6.62. The smallest absolute Gasteiger partial charge is 0.172 e. The standard InChI is InChI=1S/C17H17ClN4O/c1-23-14-7-2-4-11(8-14)10-20-17-15(19)16(21-22-17)12-5-3-6-13(18)9-12/h2-9H,10,19H2,1H3,(H2,20,21,22). The highest BCUT2D eigenvalue weighted by atomic mass is 35.5. The van der Waals surface area contributed by atoms with Gasteiger partial charge < -0.3 is 15.8 Å². The number of aromatic nitrogens is 2. The average Bonchev–Trinajstić information content (AvgIpc) is 2.94. The highest BCUT2D eigenvalue weighted by Gasteiger charge is 2.12. The summed E-state index contributed by atoms with van der Waals surface area (Å²) >= 11 is 6.02. The van der Waals surface area contributed by atoms with E-state index in [2.05, 4.69) is 15.5 Å². The highest BCUT2D eigenvalue weighted by molar-refractivity contribution is 6.30. The average molecular weight is 329 g/mol. The Morgan fingerprint density at radius 2 is 2.04 bits per heavy atom. The first-order chi connectivity index (χ1) is 11.2. The van der Waals surface area contributed by atoms with Crippen LogP contribution in [0.5, 0.6) is 5.75 Å². The Hall–Kier alpha value is -2.66. The van der Waals surface area contributed by atoms with Crippen molar-refractivity contribution in [2.45, 2.75) is 6.54 Å². The van der Waals surface area contributed by atoms with Gasteiger partial charge in [0.2, 0.25) is 0 Å². The van der Waals surface area contributed by atoms with Crippen molar-refractivity contribution >= 4 is 23.1 Å². The molecule has 0 radical (unpaired) electrons. The summed E-state index contributed by atoms with van der Waals surface area (Å²) in [4.78, 5) is 0. The van der Waals surface area contributed by atoms with Crippen molar-refractivity contribution in [1.29, 1.82) is 0 Å². The Kier molecular flexibility index (Phi) is 4.39. The second-order valence-corrected chi connectivity index (χ2v) is 5.51. The Balaban J connectivity index is 1.77. The van der Waals surface area contributed by atoms with Gasteiger partial charge in [0.15, 0.2) is 5.82 Å². The normalized spacial score (nSPS) is 10.5. The molecular formula is C17H17ClN4O. The van der Waals surface area contributed by atoms with E-state index >= 15 is 0 Å². The lowest BCUT2D eigenvalue weighted by Crippen LogP contribution is -2.02. The topological polar surface area (TPSA) is 76.0 Å². The van der Waals surface area contributed by atoms with Gasteiger partial charge in [0.1, 0.15) is 11.4 Å². The molecular weight excluding hydrogens is 312 g/mol. The predicted molar refractivity (Wildman–Crippen MR) is 93.8 cm³/mol. The minimum Gasteiger partial charge on any atom is -0.497 e. The van der Waals surface area contributed by atoms with Crippen LogP contribution in [0.4, 0.5) is 11.5 Å². The van der Waals surface area contributed by atoms with Crippen LogP contribution in [0.25, 0.3) is 11.3 Å². The number of nitrogens with one attached hydrogen (secondary N) is 2. The summed E-state index contributed by atoms with van der Waals surface area (Å²) < 4.78 is 5.22. The van der Waals surface area contributed by atoms with E-state index in [1.807, 2.05) is 48.5 Å². The maximum atomic E-state index is 6.18. The predicted octanol–water partition coefficient (Wildman–Crippen LogP) is 3.93. The number of nitrogens with two attached hydrogens (primary N) is 1. The Labute approximate surface area is 139 Å². The van der Waals surface area contributed by atoms with E-state index in [-0.39, 0.29) is 0 Å². The number of ether oxygens (including phenoxy) is 1. The number of rotatable bonds is 5. The number of halogens is 1. The number of nitrogen functional groups attached to an aromatic ring is 1. The number of aromatic amines is 1. The molecule has 0 spiro atoms. The quantitative estimate of drug-likeness (QED) is 0.663. The zero-order chi connectivity index (χ0) is 16.2. The molecule has 3 aromatic rings. The van der Waals surface area contributed by atoms with E-state index in [4.69, 9.17) is 22.1 Å². The van der Waals surface area contributed by atoms with Crippen LogP contribution in [0.15, 0.2) is 48.5 Å². The second-order valence-electron chi connectivity index (χ2n) is 5.08. The third-order valence-electron chi connectivity index (χ3n) is 3.51. The Morgan fingerprint density at radius 1 is 1.22 bits per heavy atom. The number of nitrogens with zero attached hydrogens (tertiary/aromatic N) is 1. The van der Waals surface area contributed by atoms with Crippen LogP contribution in [0.3, 0.4) is 0 Å². The van der Waals surface area contributed by atoms with Crippen LogP contribution in [0.1, 0.15) is 5.56 Å². The van der Waals surface area contributed by atoms with Crippen LogP contribution < -0.4 is 15.8 Å². The monoisotopic (exact) mass is 328 g/mol. The summed E-state index contributed by atoms with van der Waals surface area (Å²) in [5, 5.41) is 11.1. The van der Waals surface area contributed by atoms with Gasteiger partial charge in [-0.15, -0.1) is 0 Å². The van der Waals surface area contributed by atoms with Gasteiger partial charge in [-0.05, 0) is 29.8 Å². The van der Waals surface area contributed by atoms with Crippen molar-refractivity contribution < 1.29 is 4.74 Å². The maximum Gasteiger partial charge on any atom is 0.172 e. The number of hydrogen-bond donors (Lipinski definition) is 3. The number of hydrogen-bond acceptors (Lipinski definition) is 4. The molecule has 23 heavy (non-hydrogen) atoms. The van der Waals surface area contributed by atoms with Gasteiger partial charge in [0.05, 0.1) is 12.8 Å². The number of methoxy groups -OCH3 is 1. The fourth-order valence-electron chi connectivity index (χ4n) is 2.32. The lowest BCUT2D eigenvalue weighted by atomic mass is 10.1. The van der Waals surface area contributed by atoms with E-state index in [9.17, 15) is 0 Å². The maximum absolute atomic E-state index is 6.18. The van der Waals surface area contributed by atoms with E-state index in [0.29, 0.717) is 23.1 Å². The molecule has 118 valence electrons. The molecule has 6 heteroatoms. The molecule has 0 unspecified atom stereocenters. The van der Waals surface area contributed by atoms with Gasteiger partial charge in [-0.1, -0.05) is 35.9 Å². The summed E-state index contributed by atoms with van der Waals surface area (Å²) in [5.41, 5.74) is 9.48. The van der Waals surface area contributed by atoms with Crippen LogP contribution >= 0.6 is 11.6 Å². The first-order valence-electron chi connectivity index (χ1n) is 7.14. The summed E-state index contributed by atoms with van der Waals surface area (Å²) in [6.45, 7) is 0.598. The molecule has 0 atom stereocenters. The molecule has 0 aliphatic rings. The molecule has 3 rings (SSSR count). The zero-order valence-corrected chi connectivity index (χ0v) is 13.4. The van der Waals surface area contributed by atoms with Crippen molar-refractivity contribution in [2.75, 3.05) is 18.2 Å². The van der Waals surface area contributed by atoms with Gasteiger partial charge in [0, 0.05) is 17.1 Å². The molecule has 2 aromatic carbocycles. The lowest BCUT2D eigenvalue weighted by Gasteiger charge is -2.06. The molecule has 0 bridgehead atoms. The molecule has 0 saturated carbocycles. The molecule has 0 aliphatic carbocycles. The summed E-state index contributed by atoms with van der Waals surface area (Å²) in [5.74, 6) is 1.43. The van der Waals surface area contributed by atoms with Crippen molar-refractivity contribution in [1.82, 2.24) is 10.2 Å². The first-order valence-corrected chi connectivity index (χ1v) is 7.52. The molecule has 5 nitrogen and oxygen atoms in total. The van der Waals surface area contributed by atoms with Gasteiger partial charge in [-0.3, -0.25) is 5.10 Å². The summed E-state index contributed by atoms with van der Waals surface area (Å²) in [6.07, 6.45) is 0. The van der Waals surface area contributed by atoms with Gasteiger partial charge in [-0.25, -0.2) is 0 Å². The number of benzene rings is 2. The van der Waals surface area contributed by atoms with Crippen molar-refractivity contribution in [3.8, 4) is 17.0 Å². The van der Waals surface area contributed by atoms with Gasteiger partial charge >= 0.3 is 0 Å². The van der Waals surface area contributed by atoms with Crippen LogP contribution in [-0.4, -0.2) is 17.3 Å². The minimum atomic E-state index is 0.565. The first kappa shape index (κ1) is 15.2. The van der Waals surface area contributed by atoms with Crippen molar-refractivity contribution in [2.24, 2.45) is 0 Å². The molecule has 0 saturated heterocycles. The van der Waals surface area contributed by atoms with E-state index in [1.54, 1.807) is 7.11 Å².